The fourth-order valence-electron chi connectivity index (χ4n) is 2.36. The van der Waals surface area contributed by atoms with Gasteiger partial charge in [-0.3, -0.25) is 4.79 Å². The molecule has 3 N–H and O–H groups in total. The number of carbonyl (C=O) groups excluding carboxylic acids is 1. The lowest BCUT2D eigenvalue weighted by atomic mass is 10.2. The smallest absolute Gasteiger partial charge is 0.395 e. The summed E-state index contributed by atoms with van der Waals surface area (Å²) in [5, 5.41) is 2.97. The van der Waals surface area contributed by atoms with Gasteiger partial charge in [0.15, 0.2) is 5.82 Å². The number of nitrogens with two attached hydrogens (primary N) is 1. The standard InChI is InChI=1S/C19H16ClF3N4O/c20-14-4-2-1-3-13(14)18(28)26-12-7-8-17(25-10-12)27-15(11-5-6-11)9-16(24)19(21,22)23/h1-4,7-11H,5-6,24H2,(H,26,28). The third-order valence-electron chi connectivity index (χ3n) is 3.99. The molecule has 0 aliphatic heterocycles. The van der Waals surface area contributed by atoms with E-state index in [1.54, 1.807) is 30.3 Å². The second-order valence-electron chi connectivity index (χ2n) is 6.25. The molecule has 5 nitrogen and oxygen atoms in total. The highest BCUT2D eigenvalue weighted by Crippen LogP contribution is 2.34. The number of allylic oxidation sites excluding steroid dienone is 2. The van der Waals surface area contributed by atoms with Gasteiger partial charge in [0.25, 0.3) is 5.91 Å². The summed E-state index contributed by atoms with van der Waals surface area (Å²) in [4.78, 5) is 20.5. The number of nitrogens with one attached hydrogen (secondary N) is 1. The number of rotatable bonds is 5. The zero-order valence-corrected chi connectivity index (χ0v) is 15.3. The Balaban J connectivity index is 1.75. The molecule has 0 spiro atoms. The molecular weight excluding hydrogens is 393 g/mol. The first-order valence-electron chi connectivity index (χ1n) is 8.39. The fourth-order valence-corrected chi connectivity index (χ4v) is 2.59. The van der Waals surface area contributed by atoms with E-state index in [1.165, 1.54) is 12.3 Å². The van der Waals surface area contributed by atoms with Crippen LogP contribution in [0.15, 0.2) is 59.4 Å². The van der Waals surface area contributed by atoms with Crippen molar-refractivity contribution in [1.29, 1.82) is 0 Å². The van der Waals surface area contributed by atoms with Crippen LogP contribution in [0.1, 0.15) is 23.2 Å². The Labute approximate surface area is 164 Å². The van der Waals surface area contributed by atoms with E-state index in [1.807, 2.05) is 0 Å². The first kappa shape index (κ1) is 19.9. The van der Waals surface area contributed by atoms with Gasteiger partial charge >= 0.3 is 6.18 Å². The van der Waals surface area contributed by atoms with E-state index in [9.17, 15) is 18.0 Å². The normalized spacial score (nSPS) is 15.4. The fraction of sp³-hybridized carbons (Fsp3) is 0.211. The number of hydrogen-bond donors (Lipinski definition) is 2. The number of aromatic nitrogens is 1. The predicted molar refractivity (Wildman–Crippen MR) is 102 cm³/mol. The van der Waals surface area contributed by atoms with E-state index in [2.05, 4.69) is 15.3 Å². The van der Waals surface area contributed by atoms with Crippen molar-refractivity contribution in [2.45, 2.75) is 19.0 Å². The Hall–Kier alpha value is -2.87. The van der Waals surface area contributed by atoms with Crippen LogP contribution in [0, 0.1) is 5.92 Å². The lowest BCUT2D eigenvalue weighted by molar-refractivity contribution is -0.0925. The minimum atomic E-state index is -4.60. The molecule has 1 heterocycles. The van der Waals surface area contributed by atoms with Gasteiger partial charge in [0.1, 0.15) is 5.70 Å². The van der Waals surface area contributed by atoms with Crippen LogP contribution in [0.25, 0.3) is 0 Å². The van der Waals surface area contributed by atoms with E-state index >= 15 is 0 Å². The third kappa shape index (κ3) is 5.10. The Bertz CT molecular complexity index is 935. The SMILES string of the molecule is NC(=CC(=Nc1ccc(NC(=O)c2ccccc2Cl)cn1)C1CC1)C(F)(F)F. The predicted octanol–water partition coefficient (Wildman–Crippen LogP) is 4.87. The van der Waals surface area contributed by atoms with Gasteiger partial charge < -0.3 is 11.1 Å². The number of alkyl halides is 3. The summed E-state index contributed by atoms with van der Waals surface area (Å²) in [6.45, 7) is 0. The number of anilines is 1. The van der Waals surface area contributed by atoms with Crippen molar-refractivity contribution in [3.05, 3.63) is 65.0 Å². The monoisotopic (exact) mass is 408 g/mol. The molecule has 146 valence electrons. The number of carbonyl (C=O) groups is 1. The Kier molecular flexibility index (Phi) is 5.69. The quantitative estimate of drug-likeness (QED) is 0.692. The van der Waals surface area contributed by atoms with Crippen LogP contribution in [-0.2, 0) is 0 Å². The van der Waals surface area contributed by atoms with Crippen molar-refractivity contribution >= 4 is 34.7 Å². The second-order valence-corrected chi connectivity index (χ2v) is 6.65. The minimum absolute atomic E-state index is 0.0534. The van der Waals surface area contributed by atoms with Crippen LogP contribution in [-0.4, -0.2) is 22.8 Å². The number of benzene rings is 1. The average Bonchev–Trinajstić information content (AvgIpc) is 3.47. The molecule has 9 heteroatoms. The number of amides is 1. The number of pyridine rings is 1. The maximum atomic E-state index is 12.7. The van der Waals surface area contributed by atoms with Crippen LogP contribution < -0.4 is 11.1 Å². The van der Waals surface area contributed by atoms with Gasteiger partial charge in [-0.25, -0.2) is 9.98 Å². The number of halogens is 4. The molecule has 2 aromatic rings. The van der Waals surface area contributed by atoms with Gasteiger partial charge in [-0.05, 0) is 43.2 Å². The van der Waals surface area contributed by atoms with E-state index in [0.717, 1.165) is 18.9 Å². The molecule has 1 saturated carbocycles. The molecule has 0 radical (unpaired) electrons. The highest BCUT2D eigenvalue weighted by molar-refractivity contribution is 6.34. The van der Waals surface area contributed by atoms with Crippen LogP contribution in [0.5, 0.6) is 0 Å². The maximum absolute atomic E-state index is 12.7. The molecule has 1 aromatic carbocycles. The van der Waals surface area contributed by atoms with Crippen molar-refractivity contribution in [2.75, 3.05) is 5.32 Å². The van der Waals surface area contributed by atoms with Crippen LogP contribution in [0.3, 0.4) is 0 Å². The molecule has 1 aromatic heterocycles. The van der Waals surface area contributed by atoms with Gasteiger partial charge in [0, 0.05) is 11.6 Å². The summed E-state index contributed by atoms with van der Waals surface area (Å²) >= 11 is 5.99. The van der Waals surface area contributed by atoms with Gasteiger partial charge in [-0.2, -0.15) is 13.2 Å². The molecule has 1 aliphatic carbocycles. The van der Waals surface area contributed by atoms with E-state index in [4.69, 9.17) is 17.3 Å². The van der Waals surface area contributed by atoms with Gasteiger partial charge in [-0.1, -0.05) is 23.7 Å². The number of aliphatic imine (C=N–C) groups is 1. The molecule has 1 amide bonds. The molecule has 1 fully saturated rings. The summed E-state index contributed by atoms with van der Waals surface area (Å²) in [6.07, 6.45) is -0.865. The van der Waals surface area contributed by atoms with Crippen molar-refractivity contribution in [3.63, 3.8) is 0 Å². The van der Waals surface area contributed by atoms with Crippen LogP contribution >= 0.6 is 11.6 Å². The number of hydrogen-bond acceptors (Lipinski definition) is 4. The van der Waals surface area contributed by atoms with Gasteiger partial charge in [0.05, 0.1) is 22.5 Å². The molecule has 28 heavy (non-hydrogen) atoms. The average molecular weight is 409 g/mol. The largest absolute Gasteiger partial charge is 0.430 e. The molecule has 1 aliphatic rings. The second kappa shape index (κ2) is 8.02. The zero-order chi connectivity index (χ0) is 20.3. The van der Waals surface area contributed by atoms with Crippen LogP contribution in [0.4, 0.5) is 24.7 Å². The zero-order valence-electron chi connectivity index (χ0n) is 14.5. The molecule has 3 rings (SSSR count). The lowest BCUT2D eigenvalue weighted by Crippen LogP contribution is -2.21. The van der Waals surface area contributed by atoms with Gasteiger partial charge in [-0.15, -0.1) is 0 Å². The van der Waals surface area contributed by atoms with Crippen molar-refractivity contribution in [3.8, 4) is 0 Å². The first-order valence-corrected chi connectivity index (χ1v) is 8.76. The van der Waals surface area contributed by atoms with Gasteiger partial charge in [0.2, 0.25) is 0 Å². The number of nitrogens with zero attached hydrogens (tertiary/aromatic N) is 2. The molecule has 0 bridgehead atoms. The summed E-state index contributed by atoms with van der Waals surface area (Å²) in [5.74, 6) is -0.227. The van der Waals surface area contributed by atoms with E-state index in [0.29, 0.717) is 16.3 Å². The third-order valence-corrected chi connectivity index (χ3v) is 4.32. The Morgan fingerprint density at radius 3 is 2.54 bits per heavy atom. The van der Waals surface area contributed by atoms with Crippen molar-refractivity contribution < 1.29 is 18.0 Å². The Morgan fingerprint density at radius 1 is 1.25 bits per heavy atom. The minimum Gasteiger partial charge on any atom is -0.395 e. The first-order chi connectivity index (χ1) is 13.2. The summed E-state index contributed by atoms with van der Waals surface area (Å²) in [5.41, 5.74) is 4.87. The lowest BCUT2D eigenvalue weighted by Gasteiger charge is -2.08. The summed E-state index contributed by atoms with van der Waals surface area (Å²) in [7, 11) is 0. The highest BCUT2D eigenvalue weighted by Gasteiger charge is 2.34. The molecule has 0 saturated heterocycles. The summed E-state index contributed by atoms with van der Waals surface area (Å²) in [6, 6.07) is 9.65. The highest BCUT2D eigenvalue weighted by atomic mass is 35.5. The maximum Gasteiger partial charge on any atom is 0.430 e. The molecule has 0 unspecified atom stereocenters. The van der Waals surface area contributed by atoms with E-state index in [-0.39, 0.29) is 17.4 Å². The van der Waals surface area contributed by atoms with Crippen molar-refractivity contribution in [2.24, 2.45) is 16.6 Å². The topological polar surface area (TPSA) is 80.4 Å². The molecule has 0 atom stereocenters. The van der Waals surface area contributed by atoms with Crippen molar-refractivity contribution in [1.82, 2.24) is 4.98 Å². The van der Waals surface area contributed by atoms with E-state index < -0.39 is 17.8 Å². The van der Waals surface area contributed by atoms with Crippen LogP contribution in [0.2, 0.25) is 5.02 Å². The molecular formula is C19H16ClF3N4O. The summed E-state index contributed by atoms with van der Waals surface area (Å²) < 4.78 is 38.0. The Morgan fingerprint density at radius 2 is 1.96 bits per heavy atom.